The summed E-state index contributed by atoms with van der Waals surface area (Å²) >= 11 is 0. The maximum Gasteiger partial charge on any atom is 0.158 e. The van der Waals surface area contributed by atoms with Crippen LogP contribution in [0.4, 0.5) is 11.4 Å². The number of hydrogen-bond donors (Lipinski definition) is 1. The number of rotatable bonds is 4. The van der Waals surface area contributed by atoms with Crippen LogP contribution < -0.4 is 10.5 Å². The minimum absolute atomic E-state index is 0.894. The number of nitrogens with one attached hydrogen (secondary N) is 1. The van der Waals surface area contributed by atoms with Gasteiger partial charge in [0.2, 0.25) is 0 Å². The standard InChI is InChI=1S/C27H25NOSi/c1-30(2,3)21-17-15-20(16-18-21)28-25-14-8-13-24-23-12-7-11-22(26(23)29-27(24)25)19-9-5-4-6-10-19/h4-18,28H,1-3H3. The molecule has 0 aliphatic carbocycles. The van der Waals surface area contributed by atoms with Crippen molar-refractivity contribution in [3.05, 3.63) is 91.0 Å². The molecule has 0 amide bonds. The van der Waals surface area contributed by atoms with E-state index in [0.717, 1.165) is 38.9 Å². The quantitative estimate of drug-likeness (QED) is 0.311. The maximum absolute atomic E-state index is 6.46. The molecule has 0 aliphatic heterocycles. The highest BCUT2D eigenvalue weighted by molar-refractivity contribution is 6.88. The van der Waals surface area contributed by atoms with Crippen LogP contribution in [0.15, 0.2) is 95.4 Å². The first-order valence-corrected chi connectivity index (χ1v) is 13.9. The van der Waals surface area contributed by atoms with E-state index in [1.54, 1.807) is 0 Å². The summed E-state index contributed by atoms with van der Waals surface area (Å²) < 4.78 is 6.46. The lowest BCUT2D eigenvalue weighted by atomic mass is 10.0. The Hall–Kier alpha value is -3.30. The SMILES string of the molecule is C[Si](C)(C)c1ccc(Nc2cccc3c2oc2c(-c4ccccc4)cccc23)cc1. The molecule has 0 spiro atoms. The van der Waals surface area contributed by atoms with Crippen LogP contribution in [0.25, 0.3) is 33.1 Å². The molecule has 1 aromatic heterocycles. The molecule has 1 N–H and O–H groups in total. The Morgan fingerprint density at radius 2 is 1.30 bits per heavy atom. The minimum Gasteiger partial charge on any atom is -0.453 e. The highest BCUT2D eigenvalue weighted by atomic mass is 28.3. The average Bonchev–Trinajstić information content (AvgIpc) is 3.14. The van der Waals surface area contributed by atoms with E-state index in [9.17, 15) is 0 Å². The summed E-state index contributed by atoms with van der Waals surface area (Å²) in [7, 11) is -1.30. The summed E-state index contributed by atoms with van der Waals surface area (Å²) in [5.74, 6) is 0. The molecule has 0 saturated carbocycles. The van der Waals surface area contributed by atoms with Crippen LogP contribution >= 0.6 is 0 Å². The molecular formula is C27H25NOSi. The molecule has 4 aromatic carbocycles. The number of furan rings is 1. The molecule has 3 heteroatoms. The second-order valence-electron chi connectivity index (χ2n) is 8.78. The smallest absolute Gasteiger partial charge is 0.158 e. The van der Waals surface area contributed by atoms with Crippen LogP contribution in [-0.2, 0) is 0 Å². The number of anilines is 2. The Balaban J connectivity index is 1.60. The van der Waals surface area contributed by atoms with Gasteiger partial charge in [0.15, 0.2) is 5.58 Å². The summed E-state index contributed by atoms with van der Waals surface area (Å²) in [6, 6.07) is 31.9. The largest absolute Gasteiger partial charge is 0.453 e. The zero-order chi connectivity index (χ0) is 20.7. The molecule has 0 unspecified atom stereocenters. The highest BCUT2D eigenvalue weighted by Crippen LogP contribution is 2.39. The number of hydrogen-bond acceptors (Lipinski definition) is 2. The second kappa shape index (κ2) is 7.19. The van der Waals surface area contributed by atoms with Gasteiger partial charge < -0.3 is 9.73 Å². The van der Waals surface area contributed by atoms with Crippen LogP contribution in [0.3, 0.4) is 0 Å². The highest BCUT2D eigenvalue weighted by Gasteiger charge is 2.17. The van der Waals surface area contributed by atoms with E-state index in [2.05, 4.69) is 110 Å². The van der Waals surface area contributed by atoms with E-state index >= 15 is 0 Å². The van der Waals surface area contributed by atoms with Gasteiger partial charge >= 0.3 is 0 Å². The van der Waals surface area contributed by atoms with E-state index in [-0.39, 0.29) is 0 Å². The summed E-state index contributed by atoms with van der Waals surface area (Å²) in [5.41, 5.74) is 6.18. The van der Waals surface area contributed by atoms with Gasteiger partial charge in [-0.15, -0.1) is 0 Å². The molecule has 0 radical (unpaired) electrons. The fourth-order valence-corrected chi connectivity index (χ4v) is 5.14. The number of benzene rings is 4. The van der Waals surface area contributed by atoms with Crippen molar-refractivity contribution in [3.8, 4) is 11.1 Å². The van der Waals surface area contributed by atoms with Crippen LogP contribution in [0.1, 0.15) is 0 Å². The Morgan fingerprint density at radius 3 is 2.00 bits per heavy atom. The monoisotopic (exact) mass is 407 g/mol. The van der Waals surface area contributed by atoms with Crippen molar-refractivity contribution in [1.29, 1.82) is 0 Å². The van der Waals surface area contributed by atoms with Gasteiger partial charge in [-0.3, -0.25) is 0 Å². The van der Waals surface area contributed by atoms with Crippen molar-refractivity contribution in [3.63, 3.8) is 0 Å². The van der Waals surface area contributed by atoms with E-state index in [1.807, 2.05) is 6.07 Å². The molecule has 1 heterocycles. The van der Waals surface area contributed by atoms with Crippen molar-refractivity contribution in [1.82, 2.24) is 0 Å². The third-order valence-corrected chi connectivity index (χ3v) is 7.70. The molecule has 0 atom stereocenters. The molecule has 2 nitrogen and oxygen atoms in total. The lowest BCUT2D eigenvalue weighted by molar-refractivity contribution is 0.671. The molecule has 5 rings (SSSR count). The third kappa shape index (κ3) is 3.31. The zero-order valence-electron chi connectivity index (χ0n) is 17.6. The van der Waals surface area contributed by atoms with Crippen molar-refractivity contribution in [2.45, 2.75) is 19.6 Å². The lowest BCUT2D eigenvalue weighted by Crippen LogP contribution is -2.37. The Bertz CT molecular complexity index is 1330. The van der Waals surface area contributed by atoms with E-state index in [1.165, 1.54) is 10.8 Å². The first-order chi connectivity index (χ1) is 14.5. The van der Waals surface area contributed by atoms with Crippen molar-refractivity contribution < 1.29 is 4.42 Å². The van der Waals surface area contributed by atoms with Crippen LogP contribution in [0, 0.1) is 0 Å². The topological polar surface area (TPSA) is 25.2 Å². The van der Waals surface area contributed by atoms with Gasteiger partial charge in [-0.1, -0.05) is 97.6 Å². The lowest BCUT2D eigenvalue weighted by Gasteiger charge is -2.17. The molecule has 0 aliphatic rings. The van der Waals surface area contributed by atoms with Gasteiger partial charge in [0, 0.05) is 22.0 Å². The second-order valence-corrected chi connectivity index (χ2v) is 13.9. The first kappa shape index (κ1) is 18.7. The average molecular weight is 408 g/mol. The maximum atomic E-state index is 6.46. The Kier molecular flexibility index (Phi) is 4.48. The molecule has 30 heavy (non-hydrogen) atoms. The Morgan fingerprint density at radius 1 is 0.633 bits per heavy atom. The predicted octanol–water partition coefficient (Wildman–Crippen LogP) is 7.54. The fourth-order valence-electron chi connectivity index (χ4n) is 3.97. The van der Waals surface area contributed by atoms with Gasteiger partial charge in [-0.25, -0.2) is 0 Å². The molecular weight excluding hydrogens is 382 g/mol. The molecule has 5 aromatic rings. The summed E-state index contributed by atoms with van der Waals surface area (Å²) in [6.07, 6.45) is 0. The minimum atomic E-state index is -1.30. The number of para-hydroxylation sites is 2. The third-order valence-electron chi connectivity index (χ3n) is 5.64. The van der Waals surface area contributed by atoms with Crippen molar-refractivity contribution in [2.24, 2.45) is 0 Å². The van der Waals surface area contributed by atoms with E-state index < -0.39 is 8.07 Å². The summed E-state index contributed by atoms with van der Waals surface area (Å²) in [6.45, 7) is 7.11. The van der Waals surface area contributed by atoms with Crippen LogP contribution in [0.5, 0.6) is 0 Å². The van der Waals surface area contributed by atoms with Gasteiger partial charge in [0.1, 0.15) is 5.58 Å². The van der Waals surface area contributed by atoms with Gasteiger partial charge in [-0.05, 0) is 23.8 Å². The van der Waals surface area contributed by atoms with Crippen molar-refractivity contribution in [2.75, 3.05) is 5.32 Å². The van der Waals surface area contributed by atoms with Gasteiger partial charge in [-0.2, -0.15) is 0 Å². The first-order valence-electron chi connectivity index (χ1n) is 10.4. The van der Waals surface area contributed by atoms with E-state index in [4.69, 9.17) is 4.42 Å². The van der Waals surface area contributed by atoms with Crippen molar-refractivity contribution >= 4 is 46.6 Å². The van der Waals surface area contributed by atoms with E-state index in [0.29, 0.717) is 0 Å². The Labute approximate surface area is 178 Å². The fraction of sp³-hybridized carbons (Fsp3) is 0.111. The zero-order valence-corrected chi connectivity index (χ0v) is 18.6. The summed E-state index contributed by atoms with van der Waals surface area (Å²) in [5, 5.41) is 7.30. The molecule has 0 saturated heterocycles. The number of fused-ring (bicyclic) bond motifs is 3. The van der Waals surface area contributed by atoms with Crippen LogP contribution in [-0.4, -0.2) is 8.07 Å². The normalized spacial score (nSPS) is 11.8. The van der Waals surface area contributed by atoms with Crippen LogP contribution in [0.2, 0.25) is 19.6 Å². The predicted molar refractivity (Wildman–Crippen MR) is 132 cm³/mol. The summed E-state index contributed by atoms with van der Waals surface area (Å²) in [4.78, 5) is 0. The van der Waals surface area contributed by atoms with Gasteiger partial charge in [0.05, 0.1) is 13.8 Å². The molecule has 0 bridgehead atoms. The van der Waals surface area contributed by atoms with Gasteiger partial charge in [0.25, 0.3) is 0 Å². The molecule has 148 valence electrons. The molecule has 0 fully saturated rings.